The molecule has 0 bridgehead atoms. The van der Waals surface area contributed by atoms with E-state index in [-0.39, 0.29) is 11.9 Å². The number of hydrogen-bond acceptors (Lipinski definition) is 6. The minimum absolute atomic E-state index is 0.104. The topological polar surface area (TPSA) is 72.4 Å². The van der Waals surface area contributed by atoms with Crippen molar-refractivity contribution in [2.45, 2.75) is 33.1 Å². The molecule has 1 aliphatic rings. The Kier molecular flexibility index (Phi) is 6.57. The average Bonchev–Trinajstić information content (AvgIpc) is 3.14. The van der Waals surface area contributed by atoms with E-state index in [9.17, 15) is 9.59 Å². The van der Waals surface area contributed by atoms with Crippen LogP contribution in [0.25, 0.3) is 6.08 Å². The van der Waals surface area contributed by atoms with E-state index in [4.69, 9.17) is 4.74 Å². The number of esters is 1. The third-order valence-corrected chi connectivity index (χ3v) is 5.85. The van der Waals surface area contributed by atoms with Crippen molar-refractivity contribution >= 4 is 29.5 Å². The van der Waals surface area contributed by atoms with Crippen LogP contribution in [-0.4, -0.2) is 46.1 Å². The zero-order chi connectivity index (χ0) is 20.0. The van der Waals surface area contributed by atoms with E-state index in [0.29, 0.717) is 43.1 Å². The number of amides is 1. The summed E-state index contributed by atoms with van der Waals surface area (Å²) in [5.74, 6) is -0.336. The Bertz CT molecular complexity index is 850. The van der Waals surface area contributed by atoms with Crippen LogP contribution in [0.15, 0.2) is 36.4 Å². The van der Waals surface area contributed by atoms with Gasteiger partial charge in [0.25, 0.3) is 5.91 Å². The predicted octanol–water partition coefficient (Wildman–Crippen LogP) is 3.74. The predicted molar refractivity (Wildman–Crippen MR) is 109 cm³/mol. The molecule has 0 saturated carbocycles. The van der Waals surface area contributed by atoms with Crippen LogP contribution < -0.4 is 0 Å². The first kappa shape index (κ1) is 20.2. The fraction of sp³-hybridized carbons (Fsp3) is 0.429. The highest BCUT2D eigenvalue weighted by Crippen LogP contribution is 2.36. The molecular formula is C21H25N3O3S. The number of aromatic nitrogens is 2. The van der Waals surface area contributed by atoms with Gasteiger partial charge in [-0.2, -0.15) is 0 Å². The highest BCUT2D eigenvalue weighted by Gasteiger charge is 2.44. The highest BCUT2D eigenvalue weighted by molar-refractivity contribution is 7.07. The zero-order valence-corrected chi connectivity index (χ0v) is 17.1. The molecule has 2 aromatic rings. The standard InChI is InChI=1S/C21H25N3O3S/c1-3-27-20(26)21(12-7-11-17-9-5-4-6-10-17)13-8-14-24(15-21)19(25)18-16(2)22-23-28-18/h4-7,9-11H,3,8,12-15H2,1-2H3/b11-7+/t21-/m0/s1. The van der Waals surface area contributed by atoms with E-state index in [2.05, 4.69) is 9.59 Å². The number of ether oxygens (including phenoxy) is 1. The number of carbonyl (C=O) groups is 2. The van der Waals surface area contributed by atoms with Gasteiger partial charge in [-0.3, -0.25) is 9.59 Å². The maximum atomic E-state index is 12.9. The highest BCUT2D eigenvalue weighted by atomic mass is 32.1. The summed E-state index contributed by atoms with van der Waals surface area (Å²) in [6.45, 7) is 4.89. The van der Waals surface area contributed by atoms with E-state index in [0.717, 1.165) is 23.5 Å². The Labute approximate surface area is 169 Å². The molecule has 148 valence electrons. The number of aryl methyl sites for hydroxylation is 1. The van der Waals surface area contributed by atoms with E-state index in [1.54, 1.807) is 11.8 Å². The SMILES string of the molecule is CCOC(=O)[C@@]1(C/C=C/c2ccccc2)CCCN(C(=O)c2snnc2C)C1. The van der Waals surface area contributed by atoms with Gasteiger partial charge in [0.15, 0.2) is 0 Å². The van der Waals surface area contributed by atoms with Crippen molar-refractivity contribution in [1.29, 1.82) is 0 Å². The number of nitrogens with zero attached hydrogens (tertiary/aromatic N) is 3. The summed E-state index contributed by atoms with van der Waals surface area (Å²) < 4.78 is 9.26. The molecule has 1 saturated heterocycles. The molecule has 1 fully saturated rings. The summed E-state index contributed by atoms with van der Waals surface area (Å²) in [7, 11) is 0. The van der Waals surface area contributed by atoms with Gasteiger partial charge in [0.2, 0.25) is 0 Å². The van der Waals surface area contributed by atoms with Crippen molar-refractivity contribution in [2.75, 3.05) is 19.7 Å². The Balaban J connectivity index is 1.80. The van der Waals surface area contributed by atoms with Crippen molar-refractivity contribution in [3.63, 3.8) is 0 Å². The summed E-state index contributed by atoms with van der Waals surface area (Å²) >= 11 is 1.10. The second-order valence-corrected chi connectivity index (χ2v) is 7.79. The number of likely N-dealkylation sites (tertiary alicyclic amines) is 1. The first-order valence-electron chi connectivity index (χ1n) is 9.53. The Morgan fingerprint density at radius 1 is 1.32 bits per heavy atom. The first-order chi connectivity index (χ1) is 13.6. The van der Waals surface area contributed by atoms with Gasteiger partial charge < -0.3 is 9.64 Å². The molecule has 1 atom stereocenters. The smallest absolute Gasteiger partial charge is 0.314 e. The lowest BCUT2D eigenvalue weighted by atomic mass is 9.76. The van der Waals surface area contributed by atoms with Gasteiger partial charge in [0.1, 0.15) is 4.88 Å². The molecule has 1 aromatic heterocycles. The van der Waals surface area contributed by atoms with Crippen LogP contribution in [0.1, 0.15) is 47.1 Å². The second kappa shape index (κ2) is 9.10. The van der Waals surface area contributed by atoms with E-state index >= 15 is 0 Å². The van der Waals surface area contributed by atoms with Crippen LogP contribution in [0.4, 0.5) is 0 Å². The van der Waals surface area contributed by atoms with Crippen molar-refractivity contribution in [1.82, 2.24) is 14.5 Å². The molecular weight excluding hydrogens is 374 g/mol. The minimum atomic E-state index is -0.721. The monoisotopic (exact) mass is 399 g/mol. The number of piperidine rings is 1. The number of carbonyl (C=O) groups excluding carboxylic acids is 2. The second-order valence-electron chi connectivity index (χ2n) is 7.04. The zero-order valence-electron chi connectivity index (χ0n) is 16.3. The van der Waals surface area contributed by atoms with Gasteiger partial charge in [-0.05, 0) is 50.2 Å². The molecule has 0 radical (unpaired) electrons. The number of hydrogen-bond donors (Lipinski definition) is 0. The van der Waals surface area contributed by atoms with Gasteiger partial charge in [-0.25, -0.2) is 0 Å². The lowest BCUT2D eigenvalue weighted by molar-refractivity contribution is -0.158. The molecule has 1 aromatic carbocycles. The molecule has 0 aliphatic carbocycles. The maximum absolute atomic E-state index is 12.9. The molecule has 0 unspecified atom stereocenters. The largest absolute Gasteiger partial charge is 0.466 e. The summed E-state index contributed by atoms with van der Waals surface area (Å²) in [6, 6.07) is 9.96. The molecule has 1 amide bonds. The lowest BCUT2D eigenvalue weighted by Gasteiger charge is -2.40. The van der Waals surface area contributed by atoms with Gasteiger partial charge in [0, 0.05) is 13.1 Å². The first-order valence-corrected chi connectivity index (χ1v) is 10.3. The minimum Gasteiger partial charge on any atom is -0.466 e. The van der Waals surface area contributed by atoms with Gasteiger partial charge >= 0.3 is 5.97 Å². The van der Waals surface area contributed by atoms with E-state index < -0.39 is 5.41 Å². The summed E-state index contributed by atoms with van der Waals surface area (Å²) in [5, 5.41) is 3.93. The maximum Gasteiger partial charge on any atom is 0.314 e. The molecule has 7 heteroatoms. The number of rotatable bonds is 6. The molecule has 2 heterocycles. The average molecular weight is 400 g/mol. The summed E-state index contributed by atoms with van der Waals surface area (Å²) in [6.07, 6.45) is 6.02. The van der Waals surface area contributed by atoms with Crippen molar-refractivity contribution in [2.24, 2.45) is 5.41 Å². The van der Waals surface area contributed by atoms with Crippen LogP contribution in [0.3, 0.4) is 0 Å². The molecule has 0 N–H and O–H groups in total. The van der Waals surface area contributed by atoms with Crippen LogP contribution in [0.2, 0.25) is 0 Å². The fourth-order valence-electron chi connectivity index (χ4n) is 3.56. The summed E-state index contributed by atoms with van der Waals surface area (Å²) in [5.41, 5.74) is 0.990. The molecule has 0 spiro atoms. The lowest BCUT2D eigenvalue weighted by Crippen LogP contribution is -2.50. The Morgan fingerprint density at radius 3 is 2.79 bits per heavy atom. The van der Waals surface area contributed by atoms with Crippen LogP contribution in [0, 0.1) is 12.3 Å². The molecule has 6 nitrogen and oxygen atoms in total. The Morgan fingerprint density at radius 2 is 2.11 bits per heavy atom. The third kappa shape index (κ3) is 4.47. The molecule has 3 rings (SSSR count). The molecule has 1 aliphatic heterocycles. The quantitative estimate of drug-likeness (QED) is 0.692. The number of benzene rings is 1. The fourth-order valence-corrected chi connectivity index (χ4v) is 4.19. The summed E-state index contributed by atoms with van der Waals surface area (Å²) in [4.78, 5) is 28.1. The van der Waals surface area contributed by atoms with Gasteiger partial charge in [0.05, 0.1) is 17.7 Å². The van der Waals surface area contributed by atoms with Crippen LogP contribution >= 0.6 is 11.5 Å². The van der Waals surface area contributed by atoms with Gasteiger partial charge in [-0.15, -0.1) is 5.10 Å². The third-order valence-electron chi connectivity index (χ3n) is 5.04. The Hall–Kier alpha value is -2.54. The number of allylic oxidation sites excluding steroid dienone is 1. The van der Waals surface area contributed by atoms with Crippen molar-refractivity contribution < 1.29 is 14.3 Å². The molecule has 28 heavy (non-hydrogen) atoms. The van der Waals surface area contributed by atoms with Crippen molar-refractivity contribution in [3.05, 3.63) is 52.5 Å². The normalized spacial score (nSPS) is 19.7. The van der Waals surface area contributed by atoms with Crippen LogP contribution in [0.5, 0.6) is 0 Å². The van der Waals surface area contributed by atoms with E-state index in [1.165, 1.54) is 0 Å². The van der Waals surface area contributed by atoms with Crippen molar-refractivity contribution in [3.8, 4) is 0 Å². The van der Waals surface area contributed by atoms with Crippen LogP contribution in [-0.2, 0) is 9.53 Å². The van der Waals surface area contributed by atoms with E-state index in [1.807, 2.05) is 49.4 Å². The van der Waals surface area contributed by atoms with Gasteiger partial charge in [-0.1, -0.05) is 47.0 Å².